The molecule has 0 N–H and O–H groups in total. The molecule has 1 aliphatic heterocycles. The smallest absolute Gasteiger partial charge is 0.326 e. The molecule has 0 bridgehead atoms. The van der Waals surface area contributed by atoms with Crippen LogP contribution in [0, 0.1) is 10.1 Å². The Balaban J connectivity index is 1.83. The second kappa shape index (κ2) is 9.13. The van der Waals surface area contributed by atoms with Gasteiger partial charge in [0.15, 0.2) is 0 Å². The van der Waals surface area contributed by atoms with E-state index in [4.69, 9.17) is 32.4 Å². The minimum absolute atomic E-state index is 0.0523. The van der Waals surface area contributed by atoms with Crippen LogP contribution in [0.3, 0.4) is 0 Å². The molecule has 1 aliphatic rings. The van der Waals surface area contributed by atoms with Crippen molar-refractivity contribution >= 4 is 63.8 Å². The number of carbonyl (C=O) groups is 3. The lowest BCUT2D eigenvalue weighted by Crippen LogP contribution is -2.35. The molecular formula is C19H14Cl2N2O7S. The Morgan fingerprint density at radius 1 is 1.29 bits per heavy atom. The van der Waals surface area contributed by atoms with E-state index in [1.807, 2.05) is 0 Å². The fourth-order valence-electron chi connectivity index (χ4n) is 2.64. The molecule has 1 fully saturated rings. The van der Waals surface area contributed by atoms with Crippen LogP contribution in [0.5, 0.6) is 0 Å². The van der Waals surface area contributed by atoms with Gasteiger partial charge in [-0.25, -0.2) is 0 Å². The molecular weight excluding hydrogens is 471 g/mol. The molecule has 2 aromatic rings. The van der Waals surface area contributed by atoms with E-state index in [9.17, 15) is 24.5 Å². The number of benzene rings is 1. The third-order valence-corrected chi connectivity index (χ3v) is 5.45. The van der Waals surface area contributed by atoms with Crippen molar-refractivity contribution in [2.24, 2.45) is 0 Å². The average Bonchev–Trinajstić information content (AvgIpc) is 3.21. The number of ether oxygens (including phenoxy) is 1. The molecule has 1 aromatic carbocycles. The molecule has 9 nitrogen and oxygen atoms in total. The summed E-state index contributed by atoms with van der Waals surface area (Å²) in [6.45, 7) is 2.82. The first-order valence-corrected chi connectivity index (χ1v) is 10.3. The Morgan fingerprint density at radius 2 is 2.00 bits per heavy atom. The normalized spacial score (nSPS) is 15.3. The van der Waals surface area contributed by atoms with Crippen molar-refractivity contribution in [1.82, 2.24) is 4.90 Å². The van der Waals surface area contributed by atoms with Crippen LogP contribution in [-0.4, -0.2) is 39.6 Å². The highest BCUT2D eigenvalue weighted by Gasteiger charge is 2.37. The largest absolute Gasteiger partial charge is 0.462 e. The number of esters is 1. The van der Waals surface area contributed by atoms with E-state index in [0.717, 1.165) is 4.90 Å². The van der Waals surface area contributed by atoms with Gasteiger partial charge in [0.25, 0.3) is 16.8 Å². The summed E-state index contributed by atoms with van der Waals surface area (Å²) in [6.07, 6.45) is 0.959. The number of furan rings is 1. The Kier molecular flexibility index (Phi) is 6.73. The molecule has 1 saturated heterocycles. The third-order valence-electron chi connectivity index (χ3n) is 3.93. The van der Waals surface area contributed by atoms with Gasteiger partial charge in [-0.1, -0.05) is 23.2 Å². The van der Waals surface area contributed by atoms with E-state index in [1.165, 1.54) is 30.3 Å². The Morgan fingerprint density at radius 3 is 2.65 bits per heavy atom. The lowest BCUT2D eigenvalue weighted by molar-refractivity contribution is -0.384. The van der Waals surface area contributed by atoms with Gasteiger partial charge in [-0.2, -0.15) is 0 Å². The zero-order valence-electron chi connectivity index (χ0n) is 16.1. The second-order valence-corrected chi connectivity index (χ2v) is 8.36. The highest BCUT2D eigenvalue weighted by Crippen LogP contribution is 2.38. The van der Waals surface area contributed by atoms with Gasteiger partial charge in [0.1, 0.15) is 23.1 Å². The van der Waals surface area contributed by atoms with Gasteiger partial charge in [-0.3, -0.25) is 29.4 Å². The Hall–Kier alpha value is -2.82. The maximum absolute atomic E-state index is 12.5. The predicted molar refractivity (Wildman–Crippen MR) is 115 cm³/mol. The number of thioether (sulfide) groups is 1. The monoisotopic (exact) mass is 484 g/mol. The number of hydrogen-bond acceptors (Lipinski definition) is 8. The summed E-state index contributed by atoms with van der Waals surface area (Å²) in [7, 11) is 0. The summed E-state index contributed by atoms with van der Waals surface area (Å²) in [6, 6.07) is 5.43. The SMILES string of the molecule is CC(C)OC(=O)CN1C(=O)S/C(=C/c2ccc(-c3cc([N+](=O)[O-])c(Cl)cc3Cl)o2)C1=O. The fraction of sp³-hybridized carbons (Fsp3) is 0.211. The standard InChI is InChI=1S/C19H14Cl2N2O7S/c1-9(2)29-17(24)8-22-18(25)16(31-19(22)26)5-10-3-4-15(30-10)11-6-14(23(27)28)13(21)7-12(11)20/h3-7,9H,8H2,1-2H3/b16-5+. The zero-order valence-corrected chi connectivity index (χ0v) is 18.4. The molecule has 0 unspecified atom stereocenters. The molecule has 0 spiro atoms. The highest BCUT2D eigenvalue weighted by molar-refractivity contribution is 8.18. The molecule has 3 rings (SSSR count). The van der Waals surface area contributed by atoms with E-state index in [-0.39, 0.29) is 43.8 Å². The lowest BCUT2D eigenvalue weighted by Gasteiger charge is -2.13. The van der Waals surface area contributed by atoms with Gasteiger partial charge in [0.05, 0.1) is 21.0 Å². The van der Waals surface area contributed by atoms with Crippen molar-refractivity contribution < 1.29 is 28.5 Å². The van der Waals surface area contributed by atoms with Crippen LogP contribution in [0.2, 0.25) is 10.0 Å². The first-order chi connectivity index (χ1) is 14.6. The minimum atomic E-state index is -0.696. The van der Waals surface area contributed by atoms with Gasteiger partial charge < -0.3 is 9.15 Å². The van der Waals surface area contributed by atoms with E-state index >= 15 is 0 Å². The topological polar surface area (TPSA) is 120 Å². The molecule has 0 saturated carbocycles. The average molecular weight is 485 g/mol. The van der Waals surface area contributed by atoms with Crippen molar-refractivity contribution in [3.8, 4) is 11.3 Å². The van der Waals surface area contributed by atoms with Gasteiger partial charge >= 0.3 is 5.97 Å². The summed E-state index contributed by atoms with van der Waals surface area (Å²) in [5.74, 6) is -0.943. The van der Waals surface area contributed by atoms with Gasteiger partial charge in [0.2, 0.25) is 0 Å². The molecule has 0 aliphatic carbocycles. The van der Waals surface area contributed by atoms with Crippen LogP contribution in [0.4, 0.5) is 10.5 Å². The minimum Gasteiger partial charge on any atom is -0.462 e. The molecule has 0 radical (unpaired) electrons. The summed E-state index contributed by atoms with van der Waals surface area (Å²) < 4.78 is 10.6. The first kappa shape index (κ1) is 22.9. The molecule has 162 valence electrons. The van der Waals surface area contributed by atoms with E-state index in [2.05, 4.69) is 0 Å². The number of nitrogens with zero attached hydrogens (tertiary/aromatic N) is 2. The number of amides is 2. The van der Waals surface area contributed by atoms with Crippen LogP contribution < -0.4 is 0 Å². The Bertz CT molecular complexity index is 1130. The second-order valence-electron chi connectivity index (χ2n) is 6.55. The molecule has 0 atom stereocenters. The van der Waals surface area contributed by atoms with Crippen molar-refractivity contribution in [2.45, 2.75) is 20.0 Å². The van der Waals surface area contributed by atoms with Gasteiger partial charge in [-0.15, -0.1) is 0 Å². The molecule has 2 amide bonds. The van der Waals surface area contributed by atoms with Crippen LogP contribution in [0.15, 0.2) is 33.6 Å². The summed E-state index contributed by atoms with van der Waals surface area (Å²) in [5, 5.41) is 10.5. The number of imide groups is 1. The highest BCUT2D eigenvalue weighted by atomic mass is 35.5. The molecule has 2 heterocycles. The Labute approximate surface area is 190 Å². The summed E-state index contributed by atoms with van der Waals surface area (Å²) in [5.41, 5.74) is -0.102. The van der Waals surface area contributed by atoms with E-state index in [0.29, 0.717) is 11.8 Å². The third kappa shape index (κ3) is 5.09. The quantitative estimate of drug-likeness (QED) is 0.239. The number of nitro benzene ring substituents is 1. The number of nitro groups is 1. The van der Waals surface area contributed by atoms with E-state index < -0.39 is 28.6 Å². The molecule has 31 heavy (non-hydrogen) atoms. The van der Waals surface area contributed by atoms with Gasteiger partial charge in [-0.05, 0) is 43.8 Å². The first-order valence-electron chi connectivity index (χ1n) is 8.75. The van der Waals surface area contributed by atoms with Gasteiger partial charge in [0, 0.05) is 17.7 Å². The number of halogens is 2. The van der Waals surface area contributed by atoms with Crippen molar-refractivity contribution in [3.05, 3.63) is 55.1 Å². The zero-order chi connectivity index (χ0) is 22.9. The van der Waals surface area contributed by atoms with Crippen LogP contribution in [-0.2, 0) is 14.3 Å². The number of rotatable bonds is 6. The van der Waals surface area contributed by atoms with Crippen molar-refractivity contribution in [2.75, 3.05) is 6.54 Å². The number of carbonyl (C=O) groups excluding carboxylic acids is 3. The maximum Gasteiger partial charge on any atom is 0.326 e. The predicted octanol–water partition coefficient (Wildman–Crippen LogP) is 5.15. The van der Waals surface area contributed by atoms with Crippen molar-refractivity contribution in [3.63, 3.8) is 0 Å². The summed E-state index contributed by atoms with van der Waals surface area (Å²) in [4.78, 5) is 47.7. The summed E-state index contributed by atoms with van der Waals surface area (Å²) >= 11 is 12.6. The van der Waals surface area contributed by atoms with Crippen LogP contribution in [0.25, 0.3) is 17.4 Å². The van der Waals surface area contributed by atoms with Crippen LogP contribution >= 0.6 is 35.0 Å². The van der Waals surface area contributed by atoms with Crippen molar-refractivity contribution in [1.29, 1.82) is 0 Å². The molecule has 1 aromatic heterocycles. The lowest BCUT2D eigenvalue weighted by atomic mass is 10.1. The fourth-order valence-corrected chi connectivity index (χ4v) is 4.00. The number of hydrogen-bond donors (Lipinski definition) is 0. The van der Waals surface area contributed by atoms with E-state index in [1.54, 1.807) is 13.8 Å². The maximum atomic E-state index is 12.5. The van der Waals surface area contributed by atoms with Crippen LogP contribution in [0.1, 0.15) is 19.6 Å². The molecule has 12 heteroatoms.